The number of hydrogen-bond donors (Lipinski definition) is 1. The Morgan fingerprint density at radius 3 is 2.32 bits per heavy atom. The van der Waals surface area contributed by atoms with Gasteiger partial charge >= 0.3 is 0 Å². The van der Waals surface area contributed by atoms with Crippen molar-refractivity contribution in [2.75, 3.05) is 42.8 Å². The van der Waals surface area contributed by atoms with Crippen LogP contribution in [0.5, 0.6) is 0 Å². The van der Waals surface area contributed by atoms with Gasteiger partial charge in [-0.3, -0.25) is 4.72 Å². The molecule has 0 saturated carbocycles. The number of pyridine rings is 1. The number of aromatic nitrogens is 1. The largest absolute Gasteiger partial charge is 0.354 e. The lowest BCUT2D eigenvalue weighted by Crippen LogP contribution is -2.44. The van der Waals surface area contributed by atoms with E-state index >= 15 is 0 Å². The van der Waals surface area contributed by atoms with E-state index in [9.17, 15) is 8.42 Å². The number of rotatable bonds is 5. The van der Waals surface area contributed by atoms with Gasteiger partial charge < -0.3 is 9.80 Å². The van der Waals surface area contributed by atoms with Crippen LogP contribution in [0.4, 0.5) is 11.5 Å². The Morgan fingerprint density at radius 1 is 1.04 bits per heavy atom. The van der Waals surface area contributed by atoms with E-state index < -0.39 is 10.0 Å². The highest BCUT2D eigenvalue weighted by molar-refractivity contribution is 7.91. The summed E-state index contributed by atoms with van der Waals surface area (Å²) in [7, 11) is -1.35. The van der Waals surface area contributed by atoms with Gasteiger partial charge in [0.25, 0.3) is 0 Å². The average molecular weight is 360 g/mol. The lowest BCUT2D eigenvalue weighted by molar-refractivity contribution is 0.312. The third-order valence-corrected chi connectivity index (χ3v) is 5.59. The summed E-state index contributed by atoms with van der Waals surface area (Å²) in [4.78, 5) is 8.91. The predicted octanol–water partition coefficient (Wildman–Crippen LogP) is 2.08. The number of piperazine rings is 1. The molecule has 0 unspecified atom stereocenters. The molecule has 1 aliphatic rings. The van der Waals surface area contributed by atoms with Crippen molar-refractivity contribution in [1.29, 1.82) is 0 Å². The lowest BCUT2D eigenvalue weighted by atomic mass is 10.2. The summed E-state index contributed by atoms with van der Waals surface area (Å²) in [6.07, 6.45) is 1.58. The molecular formula is C18H24N4O2S. The number of aryl methyl sites for hydroxylation is 1. The topological polar surface area (TPSA) is 65.5 Å². The third-order valence-electron chi connectivity index (χ3n) is 4.33. The van der Waals surface area contributed by atoms with Gasteiger partial charge in [0.1, 0.15) is 5.82 Å². The van der Waals surface area contributed by atoms with Crippen molar-refractivity contribution in [2.24, 2.45) is 0 Å². The summed E-state index contributed by atoms with van der Waals surface area (Å²) in [6, 6.07) is 11.1. The van der Waals surface area contributed by atoms with Crippen molar-refractivity contribution in [3.8, 4) is 0 Å². The van der Waals surface area contributed by atoms with Gasteiger partial charge in [-0.15, -0.1) is 0 Å². The molecule has 25 heavy (non-hydrogen) atoms. The first-order valence-corrected chi connectivity index (χ1v) is 10.0. The molecule has 6 nitrogen and oxygen atoms in total. The van der Waals surface area contributed by atoms with E-state index in [4.69, 9.17) is 0 Å². The van der Waals surface area contributed by atoms with Crippen LogP contribution in [0.15, 0.2) is 42.6 Å². The smallest absolute Gasteiger partial charge is 0.236 e. The SMILES string of the molecule is Cc1ccc(CS(=O)(=O)Nc2ccc(N3CCN(C)CC3)nc2)cc1. The maximum atomic E-state index is 12.3. The number of nitrogens with zero attached hydrogens (tertiary/aromatic N) is 3. The van der Waals surface area contributed by atoms with E-state index in [1.165, 1.54) is 0 Å². The zero-order valence-electron chi connectivity index (χ0n) is 14.6. The molecule has 2 aromatic rings. The predicted molar refractivity (Wildman–Crippen MR) is 101 cm³/mol. The zero-order valence-corrected chi connectivity index (χ0v) is 15.5. The molecule has 1 fully saturated rings. The Hall–Kier alpha value is -2.12. The van der Waals surface area contributed by atoms with E-state index in [1.54, 1.807) is 12.3 Å². The minimum Gasteiger partial charge on any atom is -0.354 e. The highest BCUT2D eigenvalue weighted by atomic mass is 32.2. The van der Waals surface area contributed by atoms with Crippen molar-refractivity contribution >= 4 is 21.5 Å². The van der Waals surface area contributed by atoms with E-state index in [-0.39, 0.29) is 5.75 Å². The molecule has 0 aliphatic carbocycles. The number of sulfonamides is 1. The number of likely N-dealkylation sites (N-methyl/N-ethyl adjacent to an activating group) is 1. The average Bonchev–Trinajstić information content (AvgIpc) is 2.58. The maximum Gasteiger partial charge on any atom is 0.236 e. The van der Waals surface area contributed by atoms with Gasteiger partial charge in [0.15, 0.2) is 0 Å². The van der Waals surface area contributed by atoms with Crippen LogP contribution in [0.25, 0.3) is 0 Å². The van der Waals surface area contributed by atoms with Gasteiger partial charge in [0.05, 0.1) is 17.6 Å². The van der Waals surface area contributed by atoms with Crippen molar-refractivity contribution < 1.29 is 8.42 Å². The van der Waals surface area contributed by atoms with Crippen molar-refractivity contribution in [2.45, 2.75) is 12.7 Å². The molecule has 0 spiro atoms. The van der Waals surface area contributed by atoms with Crippen molar-refractivity contribution in [1.82, 2.24) is 9.88 Å². The summed E-state index contributed by atoms with van der Waals surface area (Å²) >= 11 is 0. The summed E-state index contributed by atoms with van der Waals surface area (Å²) in [6.45, 7) is 5.85. The summed E-state index contributed by atoms with van der Waals surface area (Å²) < 4.78 is 27.2. The fourth-order valence-electron chi connectivity index (χ4n) is 2.79. The highest BCUT2D eigenvalue weighted by Gasteiger charge is 2.16. The molecule has 1 saturated heterocycles. The van der Waals surface area contributed by atoms with Crippen LogP contribution >= 0.6 is 0 Å². The van der Waals surface area contributed by atoms with Crippen LogP contribution in [0.2, 0.25) is 0 Å². The standard InChI is InChI=1S/C18H24N4O2S/c1-15-3-5-16(6-4-15)14-25(23,24)20-17-7-8-18(19-13-17)22-11-9-21(2)10-12-22/h3-8,13,20H,9-12,14H2,1-2H3. The molecule has 1 aromatic carbocycles. The molecule has 2 heterocycles. The Morgan fingerprint density at radius 2 is 1.72 bits per heavy atom. The summed E-state index contributed by atoms with van der Waals surface area (Å²) in [5.74, 6) is 0.836. The minimum atomic E-state index is -3.46. The summed E-state index contributed by atoms with van der Waals surface area (Å²) in [5.41, 5.74) is 2.36. The summed E-state index contributed by atoms with van der Waals surface area (Å²) in [5, 5.41) is 0. The molecule has 1 aromatic heterocycles. The van der Waals surface area contributed by atoms with Crippen LogP contribution in [-0.4, -0.2) is 51.5 Å². The first kappa shape index (κ1) is 17.7. The van der Waals surface area contributed by atoms with E-state index in [0.717, 1.165) is 43.1 Å². The lowest BCUT2D eigenvalue weighted by Gasteiger charge is -2.33. The van der Waals surface area contributed by atoms with E-state index in [1.807, 2.05) is 37.3 Å². The first-order chi connectivity index (χ1) is 11.9. The van der Waals surface area contributed by atoms with Gasteiger partial charge in [-0.2, -0.15) is 0 Å². The minimum absolute atomic E-state index is 0.0481. The van der Waals surface area contributed by atoms with Gasteiger partial charge in [-0.1, -0.05) is 29.8 Å². The monoisotopic (exact) mass is 360 g/mol. The molecular weight excluding hydrogens is 336 g/mol. The van der Waals surface area contributed by atoms with Gasteiger partial charge in [0, 0.05) is 26.2 Å². The zero-order chi connectivity index (χ0) is 17.9. The Labute approximate surface area is 149 Å². The quantitative estimate of drug-likeness (QED) is 0.884. The molecule has 1 N–H and O–H groups in total. The maximum absolute atomic E-state index is 12.3. The van der Waals surface area contributed by atoms with Crippen LogP contribution in [0, 0.1) is 6.92 Å². The van der Waals surface area contributed by atoms with Crippen LogP contribution in [0.3, 0.4) is 0 Å². The van der Waals surface area contributed by atoms with Gasteiger partial charge in [-0.05, 0) is 31.7 Å². The molecule has 0 bridgehead atoms. The van der Waals surface area contributed by atoms with Crippen molar-refractivity contribution in [3.05, 3.63) is 53.7 Å². The Bertz CT molecular complexity index is 796. The fourth-order valence-corrected chi connectivity index (χ4v) is 3.97. The molecule has 0 radical (unpaired) electrons. The molecule has 1 aliphatic heterocycles. The Kier molecular flexibility index (Phi) is 5.24. The second-order valence-corrected chi connectivity index (χ2v) is 8.26. The van der Waals surface area contributed by atoms with E-state index in [0.29, 0.717) is 5.69 Å². The van der Waals surface area contributed by atoms with E-state index in [2.05, 4.69) is 26.6 Å². The van der Waals surface area contributed by atoms with Gasteiger partial charge in [-0.25, -0.2) is 13.4 Å². The highest BCUT2D eigenvalue weighted by Crippen LogP contribution is 2.18. The normalized spacial score (nSPS) is 16.0. The number of hydrogen-bond acceptors (Lipinski definition) is 5. The number of nitrogens with one attached hydrogen (secondary N) is 1. The molecule has 7 heteroatoms. The Balaban J connectivity index is 1.63. The second-order valence-electron chi connectivity index (χ2n) is 6.54. The molecule has 0 amide bonds. The van der Waals surface area contributed by atoms with Crippen LogP contribution < -0.4 is 9.62 Å². The van der Waals surface area contributed by atoms with Gasteiger partial charge in [0.2, 0.25) is 10.0 Å². The third kappa shape index (κ3) is 4.93. The van der Waals surface area contributed by atoms with Crippen molar-refractivity contribution in [3.63, 3.8) is 0 Å². The number of benzene rings is 1. The second kappa shape index (κ2) is 7.41. The molecule has 0 atom stereocenters. The molecule has 3 rings (SSSR count). The van der Waals surface area contributed by atoms with Crippen LogP contribution in [0.1, 0.15) is 11.1 Å². The first-order valence-electron chi connectivity index (χ1n) is 8.37. The number of anilines is 2. The molecule has 134 valence electrons. The van der Waals surface area contributed by atoms with Crippen LogP contribution in [-0.2, 0) is 15.8 Å². The fraction of sp³-hybridized carbons (Fsp3) is 0.389.